The fourth-order valence-corrected chi connectivity index (χ4v) is 5.22. The molecule has 2 aromatic carbocycles. The standard InChI is InChI=1S/C22H25N3O3/c1-27-18-9-7-14(11-19(18)28-2)13-25-15-8-10-20(25)22(12-15)23-17-6-4-3-5-16(17)21(26)24-22/h3-7,9,11,15,20,23H,8,10,12-13H2,1-2H3,(H,24,26). The van der Waals surface area contributed by atoms with E-state index in [0.717, 1.165) is 42.1 Å². The van der Waals surface area contributed by atoms with Crippen LogP contribution in [-0.2, 0) is 6.54 Å². The zero-order valence-corrected chi connectivity index (χ0v) is 16.2. The number of hydrogen-bond acceptors (Lipinski definition) is 5. The summed E-state index contributed by atoms with van der Waals surface area (Å²) in [6, 6.07) is 14.6. The SMILES string of the molecule is COc1ccc(CN2C3CCC2C2(C3)NC(=O)c3ccccc3N2)cc1OC. The molecule has 28 heavy (non-hydrogen) atoms. The number of ether oxygens (including phenoxy) is 2. The highest BCUT2D eigenvalue weighted by Gasteiger charge is 2.58. The van der Waals surface area contributed by atoms with Crippen molar-refractivity contribution in [3.63, 3.8) is 0 Å². The minimum absolute atomic E-state index is 0.0213. The van der Waals surface area contributed by atoms with E-state index in [9.17, 15) is 4.79 Å². The van der Waals surface area contributed by atoms with Crippen molar-refractivity contribution in [1.29, 1.82) is 0 Å². The van der Waals surface area contributed by atoms with Crippen molar-refractivity contribution in [2.24, 2.45) is 0 Å². The van der Waals surface area contributed by atoms with Crippen LogP contribution in [0.5, 0.6) is 11.5 Å². The first-order chi connectivity index (χ1) is 13.6. The summed E-state index contributed by atoms with van der Waals surface area (Å²) in [4.78, 5) is 15.3. The van der Waals surface area contributed by atoms with Crippen LogP contribution in [0.4, 0.5) is 5.69 Å². The Balaban J connectivity index is 1.42. The van der Waals surface area contributed by atoms with Gasteiger partial charge in [-0.25, -0.2) is 0 Å². The van der Waals surface area contributed by atoms with Crippen molar-refractivity contribution in [3.05, 3.63) is 53.6 Å². The van der Waals surface area contributed by atoms with Crippen molar-refractivity contribution in [2.45, 2.75) is 43.6 Å². The Kier molecular flexibility index (Phi) is 3.98. The molecule has 0 radical (unpaired) electrons. The van der Waals surface area contributed by atoms with Gasteiger partial charge in [0, 0.05) is 24.7 Å². The number of anilines is 1. The van der Waals surface area contributed by atoms with Gasteiger partial charge in [0.1, 0.15) is 5.66 Å². The minimum atomic E-state index is -0.384. The normalized spacial score (nSPS) is 28.0. The molecule has 3 atom stereocenters. The van der Waals surface area contributed by atoms with E-state index in [2.05, 4.69) is 21.6 Å². The van der Waals surface area contributed by atoms with Crippen LogP contribution in [0, 0.1) is 0 Å². The van der Waals surface area contributed by atoms with Crippen LogP contribution in [0.2, 0.25) is 0 Å². The summed E-state index contributed by atoms with van der Waals surface area (Å²) >= 11 is 0. The van der Waals surface area contributed by atoms with Crippen molar-refractivity contribution < 1.29 is 14.3 Å². The third-order valence-corrected chi connectivity index (χ3v) is 6.45. The van der Waals surface area contributed by atoms with E-state index in [1.165, 1.54) is 12.0 Å². The van der Waals surface area contributed by atoms with Crippen LogP contribution >= 0.6 is 0 Å². The Morgan fingerprint density at radius 2 is 1.89 bits per heavy atom. The van der Waals surface area contributed by atoms with Crippen LogP contribution in [0.1, 0.15) is 35.2 Å². The fraction of sp³-hybridized carbons (Fsp3) is 0.409. The largest absolute Gasteiger partial charge is 0.493 e. The Labute approximate surface area is 164 Å². The number of nitrogens with zero attached hydrogens (tertiary/aromatic N) is 1. The number of hydrogen-bond donors (Lipinski definition) is 2. The maximum absolute atomic E-state index is 12.7. The third-order valence-electron chi connectivity index (χ3n) is 6.45. The Morgan fingerprint density at radius 1 is 1.07 bits per heavy atom. The molecule has 2 saturated heterocycles. The summed E-state index contributed by atoms with van der Waals surface area (Å²) in [6.07, 6.45) is 3.16. The average Bonchev–Trinajstić information content (AvgIpc) is 3.21. The van der Waals surface area contributed by atoms with E-state index in [1.54, 1.807) is 14.2 Å². The maximum atomic E-state index is 12.7. The molecule has 0 saturated carbocycles. The number of carbonyl (C=O) groups excluding carboxylic acids is 1. The Hall–Kier alpha value is -2.73. The van der Waals surface area contributed by atoms with Gasteiger partial charge in [-0.2, -0.15) is 0 Å². The molecule has 2 N–H and O–H groups in total. The van der Waals surface area contributed by atoms with E-state index in [1.807, 2.05) is 36.4 Å². The second-order valence-electron chi connectivity index (χ2n) is 7.91. The van der Waals surface area contributed by atoms with Gasteiger partial charge in [0.05, 0.1) is 25.8 Å². The number of benzene rings is 2. The van der Waals surface area contributed by atoms with Crippen molar-refractivity contribution >= 4 is 11.6 Å². The van der Waals surface area contributed by atoms with Crippen LogP contribution in [-0.4, -0.2) is 42.8 Å². The predicted molar refractivity (Wildman–Crippen MR) is 107 cm³/mol. The lowest BCUT2D eigenvalue weighted by atomic mass is 9.86. The summed E-state index contributed by atoms with van der Waals surface area (Å²) in [5.74, 6) is 1.51. The molecular formula is C22H25N3O3. The summed E-state index contributed by atoms with van der Waals surface area (Å²) in [7, 11) is 3.31. The van der Waals surface area contributed by atoms with Crippen molar-refractivity contribution in [3.8, 4) is 11.5 Å². The molecule has 3 unspecified atom stereocenters. The predicted octanol–water partition coefficient (Wildman–Crippen LogP) is 2.99. The molecule has 2 fully saturated rings. The number of nitrogens with one attached hydrogen (secondary N) is 2. The molecule has 1 spiro atoms. The van der Waals surface area contributed by atoms with E-state index in [4.69, 9.17) is 9.47 Å². The number of fused-ring (bicyclic) bond motifs is 4. The first-order valence-electron chi connectivity index (χ1n) is 9.80. The molecule has 2 bridgehead atoms. The summed E-state index contributed by atoms with van der Waals surface area (Å²) in [5.41, 5.74) is 2.46. The Bertz CT molecular complexity index is 931. The second-order valence-corrected chi connectivity index (χ2v) is 7.91. The summed E-state index contributed by atoms with van der Waals surface area (Å²) in [6.45, 7) is 0.830. The third kappa shape index (κ3) is 2.55. The van der Waals surface area contributed by atoms with Crippen LogP contribution in [0.25, 0.3) is 0 Å². The molecule has 3 heterocycles. The highest BCUT2D eigenvalue weighted by atomic mass is 16.5. The van der Waals surface area contributed by atoms with Crippen LogP contribution < -0.4 is 20.1 Å². The monoisotopic (exact) mass is 379 g/mol. The number of rotatable bonds is 4. The molecule has 3 aliphatic rings. The molecule has 2 aromatic rings. The molecule has 5 rings (SSSR count). The summed E-state index contributed by atoms with van der Waals surface area (Å²) < 4.78 is 10.8. The van der Waals surface area contributed by atoms with Crippen LogP contribution in [0.3, 0.4) is 0 Å². The smallest absolute Gasteiger partial charge is 0.255 e. The first-order valence-corrected chi connectivity index (χ1v) is 9.80. The molecule has 0 aliphatic carbocycles. The van der Waals surface area contributed by atoms with Gasteiger partial charge in [-0.05, 0) is 42.7 Å². The zero-order valence-electron chi connectivity index (χ0n) is 16.2. The molecule has 1 amide bonds. The highest BCUT2D eigenvalue weighted by molar-refractivity contribution is 6.02. The number of amides is 1. The average molecular weight is 379 g/mol. The maximum Gasteiger partial charge on any atom is 0.255 e. The quantitative estimate of drug-likeness (QED) is 0.855. The lowest BCUT2D eigenvalue weighted by Gasteiger charge is -2.43. The van der Waals surface area contributed by atoms with Gasteiger partial charge in [-0.3, -0.25) is 9.69 Å². The van der Waals surface area contributed by atoms with Crippen LogP contribution in [0.15, 0.2) is 42.5 Å². The van der Waals surface area contributed by atoms with Gasteiger partial charge < -0.3 is 20.1 Å². The van der Waals surface area contributed by atoms with Gasteiger partial charge in [0.15, 0.2) is 11.5 Å². The number of para-hydroxylation sites is 1. The van der Waals surface area contributed by atoms with Gasteiger partial charge in [0.25, 0.3) is 5.91 Å². The van der Waals surface area contributed by atoms with E-state index >= 15 is 0 Å². The number of carbonyl (C=O) groups is 1. The van der Waals surface area contributed by atoms with E-state index in [0.29, 0.717) is 6.04 Å². The molecular weight excluding hydrogens is 354 g/mol. The Morgan fingerprint density at radius 3 is 2.71 bits per heavy atom. The highest BCUT2D eigenvalue weighted by Crippen LogP contribution is 2.47. The van der Waals surface area contributed by atoms with Gasteiger partial charge >= 0.3 is 0 Å². The van der Waals surface area contributed by atoms with Crippen molar-refractivity contribution in [1.82, 2.24) is 10.2 Å². The minimum Gasteiger partial charge on any atom is -0.493 e. The van der Waals surface area contributed by atoms with Gasteiger partial charge in [-0.1, -0.05) is 18.2 Å². The fourth-order valence-electron chi connectivity index (χ4n) is 5.22. The lowest BCUT2D eigenvalue weighted by molar-refractivity contribution is 0.0870. The second kappa shape index (κ2) is 6.41. The van der Waals surface area contributed by atoms with E-state index in [-0.39, 0.29) is 17.6 Å². The van der Waals surface area contributed by atoms with E-state index < -0.39 is 0 Å². The topological polar surface area (TPSA) is 62.8 Å². The molecule has 0 aromatic heterocycles. The van der Waals surface area contributed by atoms with Crippen molar-refractivity contribution in [2.75, 3.05) is 19.5 Å². The number of methoxy groups -OCH3 is 2. The van der Waals surface area contributed by atoms with Gasteiger partial charge in [-0.15, -0.1) is 0 Å². The summed E-state index contributed by atoms with van der Waals surface area (Å²) in [5, 5.41) is 6.97. The van der Waals surface area contributed by atoms with Gasteiger partial charge in [0.2, 0.25) is 0 Å². The molecule has 3 aliphatic heterocycles. The zero-order chi connectivity index (χ0) is 19.3. The molecule has 6 heteroatoms. The molecule has 6 nitrogen and oxygen atoms in total. The molecule has 146 valence electrons. The first kappa shape index (κ1) is 17.4. The lowest BCUT2D eigenvalue weighted by Crippen LogP contribution is -2.64.